The lowest BCUT2D eigenvalue weighted by Crippen LogP contribution is -2.37. The van der Waals surface area contributed by atoms with Gasteiger partial charge in [-0.05, 0) is 33.1 Å². The number of anilines is 1. The maximum absolute atomic E-state index is 12.4. The summed E-state index contributed by atoms with van der Waals surface area (Å²) in [4.78, 5) is 24.2. The van der Waals surface area contributed by atoms with Crippen LogP contribution >= 0.6 is 0 Å². The Kier molecular flexibility index (Phi) is 7.09. The molecule has 9 nitrogen and oxygen atoms in total. The van der Waals surface area contributed by atoms with Gasteiger partial charge < -0.3 is 15.4 Å². The Bertz CT molecular complexity index is 955. The van der Waals surface area contributed by atoms with E-state index in [2.05, 4.69) is 25.9 Å². The molecule has 1 fully saturated rings. The molecule has 2 aromatic heterocycles. The molecule has 0 aromatic carbocycles. The SMILES string of the molecule is Cc1c(CC(=O)Nc2cc([C@H]3CCC(OC(=O)NC(C)CC(F)(F)F)C3)[nH]n2)cnn1C. The zero-order chi connectivity index (χ0) is 23.5. The molecule has 0 spiro atoms. The summed E-state index contributed by atoms with van der Waals surface area (Å²) in [5.41, 5.74) is 2.55. The van der Waals surface area contributed by atoms with Gasteiger partial charge >= 0.3 is 12.3 Å². The van der Waals surface area contributed by atoms with Crippen molar-refractivity contribution in [3.8, 4) is 0 Å². The highest BCUT2D eigenvalue weighted by molar-refractivity contribution is 5.91. The van der Waals surface area contributed by atoms with Gasteiger partial charge in [-0.25, -0.2) is 4.79 Å². The van der Waals surface area contributed by atoms with E-state index in [-0.39, 0.29) is 18.2 Å². The van der Waals surface area contributed by atoms with Crippen LogP contribution in [0.25, 0.3) is 0 Å². The molecule has 1 aliphatic rings. The number of amides is 2. The Morgan fingerprint density at radius 2 is 2.12 bits per heavy atom. The fraction of sp³-hybridized carbons (Fsp3) is 0.600. The van der Waals surface area contributed by atoms with Crippen molar-refractivity contribution in [2.24, 2.45) is 7.05 Å². The molecule has 1 saturated carbocycles. The van der Waals surface area contributed by atoms with Crippen LogP contribution in [0, 0.1) is 6.92 Å². The Hall–Kier alpha value is -3.05. The number of nitrogens with one attached hydrogen (secondary N) is 3. The van der Waals surface area contributed by atoms with E-state index in [1.54, 1.807) is 16.9 Å². The Balaban J connectivity index is 1.46. The lowest BCUT2D eigenvalue weighted by Gasteiger charge is -2.18. The first-order chi connectivity index (χ1) is 15.0. The number of rotatable bonds is 7. The highest BCUT2D eigenvalue weighted by Crippen LogP contribution is 2.36. The fourth-order valence-electron chi connectivity index (χ4n) is 3.80. The molecule has 0 radical (unpaired) electrons. The van der Waals surface area contributed by atoms with Crippen LogP contribution in [0.1, 0.15) is 55.5 Å². The lowest BCUT2D eigenvalue weighted by molar-refractivity contribution is -0.138. The smallest absolute Gasteiger partial charge is 0.407 e. The molecule has 0 bridgehead atoms. The largest absolute Gasteiger partial charge is 0.446 e. The molecule has 1 aliphatic carbocycles. The quantitative estimate of drug-likeness (QED) is 0.591. The van der Waals surface area contributed by atoms with Crippen LogP contribution < -0.4 is 10.6 Å². The summed E-state index contributed by atoms with van der Waals surface area (Å²) in [6.45, 7) is 3.17. The van der Waals surface area contributed by atoms with Crippen molar-refractivity contribution in [3.05, 3.63) is 29.2 Å². The summed E-state index contributed by atoms with van der Waals surface area (Å²) in [6.07, 6.45) is -3.04. The number of alkyl halides is 3. The summed E-state index contributed by atoms with van der Waals surface area (Å²) in [5, 5.41) is 16.1. The van der Waals surface area contributed by atoms with Crippen molar-refractivity contribution in [1.82, 2.24) is 25.3 Å². The monoisotopic (exact) mass is 456 g/mol. The standard InChI is InChI=1S/C20H27F3N6O3/c1-11(9-20(21,22)23)25-19(31)32-15-5-4-13(6-15)16-8-17(28-27-16)26-18(30)7-14-10-24-29(3)12(14)2/h8,10-11,13,15H,4-7,9H2,1-3H3,(H,25,31)(H2,26,27,28,30)/t11?,13-,15?/m0/s1. The Morgan fingerprint density at radius 3 is 2.78 bits per heavy atom. The number of aromatic nitrogens is 4. The predicted molar refractivity (Wildman–Crippen MR) is 109 cm³/mol. The van der Waals surface area contributed by atoms with Gasteiger partial charge in [0.15, 0.2) is 5.82 Å². The van der Waals surface area contributed by atoms with Crippen LogP contribution in [0.15, 0.2) is 12.3 Å². The van der Waals surface area contributed by atoms with Gasteiger partial charge in [-0.3, -0.25) is 14.6 Å². The van der Waals surface area contributed by atoms with Crippen LogP contribution in [-0.4, -0.2) is 50.3 Å². The molecule has 3 atom stereocenters. The summed E-state index contributed by atoms with van der Waals surface area (Å²) < 4.78 is 44.1. The number of aromatic amines is 1. The van der Waals surface area contributed by atoms with Crippen LogP contribution in [-0.2, 0) is 23.0 Å². The van der Waals surface area contributed by atoms with Crippen molar-refractivity contribution in [2.45, 2.75) is 70.2 Å². The van der Waals surface area contributed by atoms with Crippen molar-refractivity contribution < 1.29 is 27.5 Å². The van der Waals surface area contributed by atoms with Gasteiger partial charge in [0.25, 0.3) is 0 Å². The minimum Gasteiger partial charge on any atom is -0.446 e. The molecule has 0 aliphatic heterocycles. The third-order valence-electron chi connectivity index (χ3n) is 5.55. The summed E-state index contributed by atoms with van der Waals surface area (Å²) in [6, 6.07) is 0.681. The molecule has 0 saturated heterocycles. The van der Waals surface area contributed by atoms with E-state index in [4.69, 9.17) is 4.74 Å². The molecule has 2 unspecified atom stereocenters. The maximum atomic E-state index is 12.4. The van der Waals surface area contributed by atoms with Crippen molar-refractivity contribution >= 4 is 17.8 Å². The zero-order valence-corrected chi connectivity index (χ0v) is 18.1. The van der Waals surface area contributed by atoms with Crippen molar-refractivity contribution in [2.75, 3.05) is 5.32 Å². The molecular weight excluding hydrogens is 429 g/mol. The summed E-state index contributed by atoms with van der Waals surface area (Å²) in [5.74, 6) is 0.227. The molecule has 2 heterocycles. The molecule has 2 amide bonds. The molecule has 2 aromatic rings. The van der Waals surface area contributed by atoms with E-state index in [1.807, 2.05) is 14.0 Å². The number of hydrogen-bond acceptors (Lipinski definition) is 5. The van der Waals surface area contributed by atoms with Crippen molar-refractivity contribution in [3.63, 3.8) is 0 Å². The first kappa shape index (κ1) is 23.6. The lowest BCUT2D eigenvalue weighted by atomic mass is 10.0. The van der Waals surface area contributed by atoms with E-state index in [0.717, 1.165) is 23.4 Å². The summed E-state index contributed by atoms with van der Waals surface area (Å²) >= 11 is 0. The molecular formula is C20H27F3N6O3. The maximum Gasteiger partial charge on any atom is 0.407 e. The molecule has 3 rings (SSSR count). The van der Waals surface area contributed by atoms with E-state index in [9.17, 15) is 22.8 Å². The zero-order valence-electron chi connectivity index (χ0n) is 18.1. The number of alkyl carbamates (subject to hydrolysis) is 1. The first-order valence-electron chi connectivity index (χ1n) is 10.4. The minimum atomic E-state index is -4.35. The highest BCUT2D eigenvalue weighted by Gasteiger charge is 2.33. The van der Waals surface area contributed by atoms with E-state index in [1.165, 1.54) is 6.92 Å². The average molecular weight is 456 g/mol. The molecule has 3 N–H and O–H groups in total. The number of ether oxygens (including phenoxy) is 1. The van der Waals surface area contributed by atoms with Crippen LogP contribution in [0.3, 0.4) is 0 Å². The highest BCUT2D eigenvalue weighted by atomic mass is 19.4. The number of hydrogen-bond donors (Lipinski definition) is 3. The van der Waals surface area contributed by atoms with Gasteiger partial charge in [-0.1, -0.05) is 0 Å². The van der Waals surface area contributed by atoms with Gasteiger partial charge in [0.05, 0.1) is 19.0 Å². The van der Waals surface area contributed by atoms with Crippen LogP contribution in [0.2, 0.25) is 0 Å². The van der Waals surface area contributed by atoms with Crippen LogP contribution in [0.5, 0.6) is 0 Å². The number of H-pyrrole nitrogens is 1. The van der Waals surface area contributed by atoms with Gasteiger partial charge in [0, 0.05) is 42.0 Å². The average Bonchev–Trinajstić information content (AvgIpc) is 3.37. The second kappa shape index (κ2) is 9.61. The van der Waals surface area contributed by atoms with Gasteiger partial charge in [0.2, 0.25) is 5.91 Å². The number of halogens is 3. The van der Waals surface area contributed by atoms with Gasteiger partial charge in [0.1, 0.15) is 6.10 Å². The topological polar surface area (TPSA) is 114 Å². The number of carbonyl (C=O) groups excluding carboxylic acids is 2. The number of aryl methyl sites for hydroxylation is 1. The Morgan fingerprint density at radius 1 is 1.38 bits per heavy atom. The number of nitrogens with zero attached hydrogens (tertiary/aromatic N) is 3. The van der Waals surface area contributed by atoms with Gasteiger partial charge in [-0.2, -0.15) is 23.4 Å². The van der Waals surface area contributed by atoms with Crippen molar-refractivity contribution in [1.29, 1.82) is 0 Å². The molecule has 32 heavy (non-hydrogen) atoms. The third-order valence-corrected chi connectivity index (χ3v) is 5.55. The second-order valence-electron chi connectivity index (χ2n) is 8.21. The van der Waals surface area contributed by atoms with E-state index >= 15 is 0 Å². The number of carbonyl (C=O) groups is 2. The summed E-state index contributed by atoms with van der Waals surface area (Å²) in [7, 11) is 1.81. The van der Waals surface area contributed by atoms with Crippen LogP contribution in [0.4, 0.5) is 23.8 Å². The van der Waals surface area contributed by atoms with Gasteiger partial charge in [-0.15, -0.1) is 0 Å². The third kappa shape index (κ3) is 6.47. The predicted octanol–water partition coefficient (Wildman–Crippen LogP) is 3.34. The normalized spacial score (nSPS) is 19.6. The minimum absolute atomic E-state index is 0.0409. The Labute approximate surface area is 183 Å². The molecule has 12 heteroatoms. The first-order valence-corrected chi connectivity index (χ1v) is 10.4. The van der Waals surface area contributed by atoms with E-state index < -0.39 is 30.8 Å². The second-order valence-corrected chi connectivity index (χ2v) is 8.21. The fourth-order valence-corrected chi connectivity index (χ4v) is 3.80. The molecule has 176 valence electrons. The van der Waals surface area contributed by atoms with E-state index in [0.29, 0.717) is 18.7 Å².